The molecule has 3 aromatic rings. The van der Waals surface area contributed by atoms with E-state index in [0.29, 0.717) is 17.6 Å². The zero-order valence-electron chi connectivity index (χ0n) is 18.5. The maximum Gasteiger partial charge on any atom is 0.115 e. The molecule has 0 saturated heterocycles. The maximum atomic E-state index is 9.89. The second-order valence-electron chi connectivity index (χ2n) is 10.0. The summed E-state index contributed by atoms with van der Waals surface area (Å²) in [6, 6.07) is 16.3. The summed E-state index contributed by atoms with van der Waals surface area (Å²) in [5.74, 6) is 2.43. The van der Waals surface area contributed by atoms with Crippen LogP contribution in [0.25, 0.3) is 10.9 Å². The molecule has 0 amide bonds. The third-order valence-corrected chi connectivity index (χ3v) is 8.46. The van der Waals surface area contributed by atoms with Gasteiger partial charge in [-0.15, -0.1) is 0 Å². The Balaban J connectivity index is 1.24. The van der Waals surface area contributed by atoms with Crippen molar-refractivity contribution in [3.05, 3.63) is 71.4 Å². The van der Waals surface area contributed by atoms with E-state index >= 15 is 0 Å². The van der Waals surface area contributed by atoms with E-state index in [1.165, 1.54) is 42.5 Å². The van der Waals surface area contributed by atoms with Gasteiger partial charge in [-0.1, -0.05) is 25.1 Å². The third kappa shape index (κ3) is 3.16. The number of phenols is 1. The number of fused-ring (bicyclic) bond motifs is 6. The molecule has 4 atom stereocenters. The van der Waals surface area contributed by atoms with Gasteiger partial charge >= 0.3 is 0 Å². The Kier molecular flexibility index (Phi) is 4.63. The zero-order valence-corrected chi connectivity index (χ0v) is 18.5. The fraction of sp³-hybridized carbons (Fsp3) is 0.393. The SMILES string of the molecule is C[C@]12CC[C@@H]3c4ccc(O)cc4CC[C@H]3[C@@H]1CC/C2=N\N=C\c1ccc2ncccc2c1. The van der Waals surface area contributed by atoms with Crippen molar-refractivity contribution in [3.63, 3.8) is 0 Å². The van der Waals surface area contributed by atoms with Crippen LogP contribution in [0, 0.1) is 17.3 Å². The van der Waals surface area contributed by atoms with Crippen LogP contribution in [0.5, 0.6) is 5.75 Å². The molecule has 1 aromatic heterocycles. The van der Waals surface area contributed by atoms with Crippen molar-refractivity contribution >= 4 is 22.8 Å². The lowest BCUT2D eigenvalue weighted by Gasteiger charge is -2.49. The lowest BCUT2D eigenvalue weighted by molar-refractivity contribution is 0.0955. The summed E-state index contributed by atoms with van der Waals surface area (Å²) in [5, 5.41) is 20.3. The van der Waals surface area contributed by atoms with Crippen molar-refractivity contribution in [2.75, 3.05) is 0 Å². The van der Waals surface area contributed by atoms with Crippen LogP contribution >= 0.6 is 0 Å². The molecule has 0 radical (unpaired) electrons. The highest BCUT2D eigenvalue weighted by atomic mass is 16.3. The first kappa shape index (κ1) is 19.7. The van der Waals surface area contributed by atoms with Gasteiger partial charge in [-0.3, -0.25) is 4.98 Å². The monoisotopic (exact) mass is 423 g/mol. The van der Waals surface area contributed by atoms with Gasteiger partial charge in [0.15, 0.2) is 0 Å². The first-order valence-electron chi connectivity index (χ1n) is 11.9. The van der Waals surface area contributed by atoms with Crippen LogP contribution < -0.4 is 0 Å². The molecule has 2 aromatic carbocycles. The molecule has 2 fully saturated rings. The van der Waals surface area contributed by atoms with Crippen LogP contribution in [0.3, 0.4) is 0 Å². The van der Waals surface area contributed by atoms with Crippen LogP contribution in [0.15, 0.2) is 64.9 Å². The maximum absolute atomic E-state index is 9.89. The molecule has 4 nitrogen and oxygen atoms in total. The Morgan fingerprint density at radius 1 is 1.06 bits per heavy atom. The predicted octanol–water partition coefficient (Wildman–Crippen LogP) is 6.27. The Hall–Kier alpha value is -3.01. The first-order valence-corrected chi connectivity index (χ1v) is 11.9. The minimum atomic E-state index is 0.167. The van der Waals surface area contributed by atoms with E-state index in [4.69, 9.17) is 5.10 Å². The van der Waals surface area contributed by atoms with E-state index < -0.39 is 0 Å². The number of rotatable bonds is 2. The minimum absolute atomic E-state index is 0.167. The number of hydrogen-bond acceptors (Lipinski definition) is 4. The third-order valence-electron chi connectivity index (χ3n) is 8.46. The van der Waals surface area contributed by atoms with Crippen LogP contribution in [0.2, 0.25) is 0 Å². The molecule has 1 heterocycles. The molecule has 1 N–H and O–H groups in total. The summed E-state index contributed by atoms with van der Waals surface area (Å²) < 4.78 is 0. The fourth-order valence-electron chi connectivity index (χ4n) is 6.86. The van der Waals surface area contributed by atoms with E-state index in [1.807, 2.05) is 36.7 Å². The van der Waals surface area contributed by atoms with E-state index in [0.717, 1.165) is 35.2 Å². The number of pyridine rings is 1. The molecule has 2 saturated carbocycles. The smallest absolute Gasteiger partial charge is 0.115 e. The Labute approximate surface area is 189 Å². The van der Waals surface area contributed by atoms with Gasteiger partial charge in [0.2, 0.25) is 0 Å². The number of benzene rings is 2. The molecular formula is C28H29N3O. The number of aryl methyl sites for hydroxylation is 1. The van der Waals surface area contributed by atoms with Gasteiger partial charge in [0.25, 0.3) is 0 Å². The molecule has 0 spiro atoms. The average molecular weight is 424 g/mol. The second-order valence-corrected chi connectivity index (χ2v) is 10.0. The van der Waals surface area contributed by atoms with Crippen molar-refractivity contribution in [2.24, 2.45) is 27.5 Å². The zero-order chi connectivity index (χ0) is 21.7. The molecule has 3 aliphatic carbocycles. The first-order chi connectivity index (χ1) is 15.6. The van der Waals surface area contributed by atoms with Crippen LogP contribution in [0.1, 0.15) is 61.6 Å². The highest BCUT2D eigenvalue weighted by Crippen LogP contribution is 2.60. The van der Waals surface area contributed by atoms with E-state index in [9.17, 15) is 5.11 Å². The molecule has 4 heteroatoms. The summed E-state index contributed by atoms with van der Waals surface area (Å²) in [5.41, 5.74) is 6.36. The summed E-state index contributed by atoms with van der Waals surface area (Å²) in [6.45, 7) is 2.43. The van der Waals surface area contributed by atoms with Gasteiger partial charge in [0, 0.05) is 22.7 Å². The quantitative estimate of drug-likeness (QED) is 0.390. The molecule has 162 valence electrons. The van der Waals surface area contributed by atoms with Crippen molar-refractivity contribution in [1.29, 1.82) is 0 Å². The van der Waals surface area contributed by atoms with Crippen molar-refractivity contribution < 1.29 is 5.11 Å². The average Bonchev–Trinajstić information content (AvgIpc) is 3.15. The number of hydrogen-bond donors (Lipinski definition) is 1. The Morgan fingerprint density at radius 2 is 2.00 bits per heavy atom. The lowest BCUT2D eigenvalue weighted by Crippen LogP contribution is -2.42. The fourth-order valence-corrected chi connectivity index (χ4v) is 6.86. The van der Waals surface area contributed by atoms with Gasteiger partial charge in [-0.25, -0.2) is 0 Å². The van der Waals surface area contributed by atoms with Gasteiger partial charge in [-0.2, -0.15) is 10.2 Å². The van der Waals surface area contributed by atoms with Gasteiger partial charge < -0.3 is 5.11 Å². The topological polar surface area (TPSA) is 57.8 Å². The van der Waals surface area contributed by atoms with Crippen molar-refractivity contribution in [1.82, 2.24) is 4.98 Å². The molecule has 0 unspecified atom stereocenters. The Morgan fingerprint density at radius 3 is 2.94 bits per heavy atom. The molecule has 0 aliphatic heterocycles. The number of aromatic hydroxyl groups is 1. The number of phenolic OH excluding ortho intramolecular Hbond substituents is 1. The Bertz CT molecular complexity index is 1250. The van der Waals surface area contributed by atoms with Crippen molar-refractivity contribution in [2.45, 2.75) is 51.4 Å². The summed E-state index contributed by atoms with van der Waals surface area (Å²) in [6.07, 6.45) is 10.7. The normalized spacial score (nSPS) is 30.4. The van der Waals surface area contributed by atoms with Crippen LogP contribution in [-0.2, 0) is 6.42 Å². The number of nitrogens with zero attached hydrogens (tertiary/aromatic N) is 3. The van der Waals surface area contributed by atoms with E-state index in [-0.39, 0.29) is 5.41 Å². The van der Waals surface area contributed by atoms with E-state index in [2.05, 4.69) is 41.3 Å². The minimum Gasteiger partial charge on any atom is -0.508 e. The molecule has 6 rings (SSSR count). The lowest BCUT2D eigenvalue weighted by atomic mass is 9.55. The largest absolute Gasteiger partial charge is 0.508 e. The molecule has 3 aliphatic rings. The van der Waals surface area contributed by atoms with Gasteiger partial charge in [0.05, 0.1) is 11.7 Å². The van der Waals surface area contributed by atoms with E-state index in [1.54, 1.807) is 0 Å². The summed E-state index contributed by atoms with van der Waals surface area (Å²) in [7, 11) is 0. The summed E-state index contributed by atoms with van der Waals surface area (Å²) in [4.78, 5) is 4.39. The highest BCUT2D eigenvalue weighted by molar-refractivity contribution is 5.93. The van der Waals surface area contributed by atoms with Crippen LogP contribution in [-0.4, -0.2) is 22.0 Å². The highest BCUT2D eigenvalue weighted by Gasteiger charge is 2.53. The number of aromatic nitrogens is 1. The van der Waals surface area contributed by atoms with Crippen molar-refractivity contribution in [3.8, 4) is 5.75 Å². The van der Waals surface area contributed by atoms with Crippen LogP contribution in [0.4, 0.5) is 0 Å². The molecule has 0 bridgehead atoms. The molecular weight excluding hydrogens is 394 g/mol. The predicted molar refractivity (Wildman–Crippen MR) is 129 cm³/mol. The van der Waals surface area contributed by atoms with Gasteiger partial charge in [0.1, 0.15) is 5.75 Å². The summed E-state index contributed by atoms with van der Waals surface area (Å²) >= 11 is 0. The standard InChI is InChI=1S/C28H29N3O/c1-28-13-12-23-22-8-6-21(32)16-19(22)5-7-24(23)25(28)9-11-27(28)31-30-17-18-4-10-26-20(15-18)3-2-14-29-26/h2-4,6,8,10,14-17,23-25,32H,5,7,9,11-13H2,1H3/b30-17+,31-27+/t23-,24-,25+,28+/m1/s1. The molecule has 32 heavy (non-hydrogen) atoms. The second kappa shape index (κ2) is 7.54. The van der Waals surface area contributed by atoms with Gasteiger partial charge in [-0.05, 0) is 103 Å².